The molecule has 0 aromatic heterocycles. The van der Waals surface area contributed by atoms with Crippen molar-refractivity contribution in [1.82, 2.24) is 0 Å². The Balaban J connectivity index is 2.36. The summed E-state index contributed by atoms with van der Waals surface area (Å²) in [6.07, 6.45) is 0. The van der Waals surface area contributed by atoms with Gasteiger partial charge in [0.15, 0.2) is 0 Å². The van der Waals surface area contributed by atoms with Crippen LogP contribution in [0, 0.1) is 12.7 Å². The monoisotopic (exact) mass is 278 g/mol. The van der Waals surface area contributed by atoms with Crippen LogP contribution >= 0.6 is 0 Å². The molecule has 0 saturated carbocycles. The number of aliphatic hydroxyl groups excluding tert-OH is 1. The Morgan fingerprint density at radius 1 is 1.10 bits per heavy atom. The van der Waals surface area contributed by atoms with Gasteiger partial charge in [-0.05, 0) is 30.7 Å². The molecule has 0 atom stereocenters. The largest absolute Gasteiger partial charge is 0.438 e. The molecule has 0 fully saturated rings. The summed E-state index contributed by atoms with van der Waals surface area (Å²) >= 11 is 0. The van der Waals surface area contributed by atoms with E-state index >= 15 is 0 Å². The average molecular weight is 278 g/mol. The number of halogens is 1. The maximum Gasteiger partial charge on any atom is 0.346 e. The van der Waals surface area contributed by atoms with Crippen molar-refractivity contribution in [1.29, 1.82) is 0 Å². The van der Waals surface area contributed by atoms with Crippen LogP contribution in [0.2, 0.25) is 0 Å². The van der Waals surface area contributed by atoms with Gasteiger partial charge in [-0.1, -0.05) is 29.8 Å². The van der Waals surface area contributed by atoms with Crippen LogP contribution in [0.15, 0.2) is 42.5 Å². The van der Waals surface area contributed by atoms with Crippen LogP contribution in [0.25, 0.3) is 11.1 Å². The van der Waals surface area contributed by atoms with Crippen LogP contribution in [0.5, 0.6) is 5.75 Å². The van der Waals surface area contributed by atoms with E-state index in [0.717, 1.165) is 11.6 Å². The summed E-state index contributed by atoms with van der Waals surface area (Å²) in [7, 11) is 0. The quantitative estimate of drug-likeness (QED) is 0.746. The van der Waals surface area contributed by atoms with Gasteiger partial charge in [-0.15, -0.1) is 0 Å². The minimum Gasteiger partial charge on any atom is -0.438 e. The number of aliphatic hydroxyl groups is 3. The highest BCUT2D eigenvalue weighted by Gasteiger charge is 2.24. The van der Waals surface area contributed by atoms with Gasteiger partial charge >= 0.3 is 5.97 Å². The number of ether oxygens (including phenoxy) is 1. The summed E-state index contributed by atoms with van der Waals surface area (Å²) in [6, 6.07) is 11.0. The lowest BCUT2D eigenvalue weighted by atomic mass is 10.0. The summed E-state index contributed by atoms with van der Waals surface area (Å²) in [6.45, 7) is 0.928. The summed E-state index contributed by atoms with van der Waals surface area (Å²) in [5.41, 5.74) is 1.96. The van der Waals surface area contributed by atoms with Gasteiger partial charge in [-0.3, -0.25) is 0 Å². The molecule has 0 saturated heterocycles. The molecule has 0 heterocycles. The molecule has 0 bridgehead atoms. The molecule has 0 amide bonds. The first-order valence-corrected chi connectivity index (χ1v) is 6.02. The number of aryl methyl sites for hydroxylation is 1. The van der Waals surface area contributed by atoms with Gasteiger partial charge in [0.25, 0.3) is 0 Å². The van der Waals surface area contributed by atoms with Crippen LogP contribution in [0.4, 0.5) is 4.39 Å². The predicted octanol–water partition coefficient (Wildman–Crippen LogP) is 1.81. The third-order valence-corrected chi connectivity index (χ3v) is 2.79. The van der Waals surface area contributed by atoms with E-state index in [0.29, 0.717) is 5.56 Å². The summed E-state index contributed by atoms with van der Waals surface area (Å²) < 4.78 is 18.6. The standard InChI is InChI=1S/C15H15FO4/c1-10-2-4-11(5-3-10)13-8-12(6-7-14(13)16)20-15(18,19)9-17/h2-8,17-19H,9H2,1H3. The first-order chi connectivity index (χ1) is 9.41. The van der Waals surface area contributed by atoms with E-state index in [1.807, 2.05) is 19.1 Å². The van der Waals surface area contributed by atoms with E-state index in [2.05, 4.69) is 0 Å². The molecule has 0 unspecified atom stereocenters. The molecule has 0 radical (unpaired) electrons. The third kappa shape index (κ3) is 3.33. The highest BCUT2D eigenvalue weighted by atomic mass is 19.1. The zero-order valence-electron chi connectivity index (χ0n) is 10.9. The van der Waals surface area contributed by atoms with Crippen molar-refractivity contribution in [2.75, 3.05) is 6.61 Å². The normalized spacial score (nSPS) is 11.4. The molecule has 0 aliphatic carbocycles. The van der Waals surface area contributed by atoms with Crippen molar-refractivity contribution in [3.8, 4) is 16.9 Å². The fourth-order valence-corrected chi connectivity index (χ4v) is 1.74. The van der Waals surface area contributed by atoms with Crippen LogP contribution in [0.3, 0.4) is 0 Å². The lowest BCUT2D eigenvalue weighted by Crippen LogP contribution is -2.39. The third-order valence-electron chi connectivity index (χ3n) is 2.79. The fourth-order valence-electron chi connectivity index (χ4n) is 1.74. The minimum atomic E-state index is -2.69. The molecular formula is C15H15FO4. The molecule has 106 valence electrons. The van der Waals surface area contributed by atoms with Crippen molar-refractivity contribution in [2.45, 2.75) is 12.9 Å². The molecule has 4 nitrogen and oxygen atoms in total. The summed E-state index contributed by atoms with van der Waals surface area (Å²) in [4.78, 5) is 0. The van der Waals surface area contributed by atoms with E-state index in [1.165, 1.54) is 12.1 Å². The maximum absolute atomic E-state index is 13.8. The Kier molecular flexibility index (Phi) is 4.04. The van der Waals surface area contributed by atoms with Crippen LogP contribution in [-0.2, 0) is 0 Å². The zero-order chi connectivity index (χ0) is 14.8. The highest BCUT2D eigenvalue weighted by molar-refractivity contribution is 5.66. The predicted molar refractivity (Wildman–Crippen MR) is 71.5 cm³/mol. The van der Waals surface area contributed by atoms with Crippen molar-refractivity contribution >= 4 is 0 Å². The van der Waals surface area contributed by atoms with Crippen molar-refractivity contribution < 1.29 is 24.4 Å². The molecule has 3 N–H and O–H groups in total. The number of hydrogen-bond acceptors (Lipinski definition) is 4. The Bertz CT molecular complexity index is 593. The smallest absolute Gasteiger partial charge is 0.346 e. The van der Waals surface area contributed by atoms with E-state index < -0.39 is 18.4 Å². The highest BCUT2D eigenvalue weighted by Crippen LogP contribution is 2.28. The molecular weight excluding hydrogens is 263 g/mol. The molecule has 0 aliphatic rings. The van der Waals surface area contributed by atoms with Gasteiger partial charge in [-0.2, -0.15) is 0 Å². The van der Waals surface area contributed by atoms with Gasteiger partial charge in [0.2, 0.25) is 0 Å². The summed E-state index contributed by atoms with van der Waals surface area (Å²) in [5.74, 6) is -3.10. The Labute approximate surface area is 115 Å². The van der Waals surface area contributed by atoms with E-state index in [-0.39, 0.29) is 11.3 Å². The first-order valence-electron chi connectivity index (χ1n) is 6.02. The fraction of sp³-hybridized carbons (Fsp3) is 0.200. The zero-order valence-corrected chi connectivity index (χ0v) is 10.9. The second-order valence-electron chi connectivity index (χ2n) is 4.51. The van der Waals surface area contributed by atoms with Gasteiger partial charge in [0.05, 0.1) is 0 Å². The maximum atomic E-state index is 13.8. The molecule has 2 aromatic rings. The van der Waals surface area contributed by atoms with Gasteiger partial charge in [0.1, 0.15) is 18.2 Å². The first kappa shape index (κ1) is 14.5. The van der Waals surface area contributed by atoms with Crippen molar-refractivity contribution in [2.24, 2.45) is 0 Å². The lowest BCUT2D eigenvalue weighted by molar-refractivity contribution is -0.307. The molecule has 20 heavy (non-hydrogen) atoms. The molecule has 0 aliphatic heterocycles. The lowest BCUT2D eigenvalue weighted by Gasteiger charge is -2.20. The SMILES string of the molecule is Cc1ccc(-c2cc(OC(O)(O)CO)ccc2F)cc1. The van der Waals surface area contributed by atoms with E-state index in [9.17, 15) is 14.6 Å². The Morgan fingerprint density at radius 3 is 2.35 bits per heavy atom. The molecule has 5 heteroatoms. The second-order valence-corrected chi connectivity index (χ2v) is 4.51. The minimum absolute atomic E-state index is 0.0426. The topological polar surface area (TPSA) is 69.9 Å². The van der Waals surface area contributed by atoms with E-state index in [1.54, 1.807) is 12.1 Å². The number of hydrogen-bond donors (Lipinski definition) is 3. The van der Waals surface area contributed by atoms with Crippen molar-refractivity contribution in [3.63, 3.8) is 0 Å². The molecule has 2 aromatic carbocycles. The van der Waals surface area contributed by atoms with Crippen LogP contribution < -0.4 is 4.74 Å². The number of rotatable bonds is 4. The second kappa shape index (κ2) is 5.58. The van der Waals surface area contributed by atoms with Gasteiger partial charge in [0, 0.05) is 5.56 Å². The van der Waals surface area contributed by atoms with Crippen molar-refractivity contribution in [3.05, 3.63) is 53.8 Å². The Hall–Kier alpha value is -1.95. The van der Waals surface area contributed by atoms with Crippen LogP contribution in [-0.4, -0.2) is 27.9 Å². The van der Waals surface area contributed by atoms with Crippen LogP contribution in [0.1, 0.15) is 5.56 Å². The Morgan fingerprint density at radius 2 is 1.75 bits per heavy atom. The molecule has 2 rings (SSSR count). The average Bonchev–Trinajstić information content (AvgIpc) is 2.42. The summed E-state index contributed by atoms with van der Waals surface area (Å²) in [5, 5.41) is 27.2. The van der Waals surface area contributed by atoms with E-state index in [4.69, 9.17) is 9.84 Å². The number of benzene rings is 2. The van der Waals surface area contributed by atoms with Gasteiger partial charge < -0.3 is 20.1 Å². The van der Waals surface area contributed by atoms with Gasteiger partial charge in [-0.25, -0.2) is 4.39 Å². The molecule has 0 spiro atoms.